The van der Waals surface area contributed by atoms with Crippen LogP contribution in [0.5, 0.6) is 5.75 Å². The summed E-state index contributed by atoms with van der Waals surface area (Å²) in [7, 11) is 0. The molecule has 0 fully saturated rings. The van der Waals surface area contributed by atoms with E-state index in [1.54, 1.807) is 0 Å². The van der Waals surface area contributed by atoms with Crippen LogP contribution < -0.4 is 10.1 Å². The molecule has 0 saturated carbocycles. The van der Waals surface area contributed by atoms with Crippen LogP contribution in [0.4, 0.5) is 5.69 Å². The number of ether oxygens (including phenoxy) is 1. The molecule has 0 radical (unpaired) electrons. The van der Waals surface area contributed by atoms with Crippen molar-refractivity contribution in [2.24, 2.45) is 0 Å². The fraction of sp³-hybridized carbons (Fsp3) is 0.250. The van der Waals surface area contributed by atoms with Crippen LogP contribution >= 0.6 is 43.5 Å². The maximum Gasteiger partial charge on any atom is 0.147 e. The Morgan fingerprint density at radius 3 is 2.29 bits per heavy atom. The van der Waals surface area contributed by atoms with Gasteiger partial charge in [-0.25, -0.2) is 0 Å². The molecule has 2 aromatic carbocycles. The van der Waals surface area contributed by atoms with Crippen molar-refractivity contribution in [3.8, 4) is 5.75 Å². The monoisotopic (exact) mass is 431 g/mol. The number of nitrogens with one attached hydrogen (secondary N) is 1. The van der Waals surface area contributed by atoms with E-state index in [-0.39, 0.29) is 0 Å². The van der Waals surface area contributed by atoms with E-state index in [9.17, 15) is 0 Å². The van der Waals surface area contributed by atoms with Gasteiger partial charge in [0.05, 0.1) is 15.6 Å². The lowest BCUT2D eigenvalue weighted by atomic mass is 10.2. The van der Waals surface area contributed by atoms with Gasteiger partial charge in [-0.1, -0.05) is 18.5 Å². The summed E-state index contributed by atoms with van der Waals surface area (Å²) in [5.74, 6) is 0.854. The quantitative estimate of drug-likeness (QED) is 0.580. The summed E-state index contributed by atoms with van der Waals surface area (Å²) in [5.41, 5.74) is 2.20. The molecule has 21 heavy (non-hydrogen) atoms. The zero-order valence-electron chi connectivity index (χ0n) is 11.6. The molecule has 2 rings (SSSR count). The maximum absolute atomic E-state index is 5.88. The SMILES string of the molecule is CCCOc1c(Br)cc(CNc2ccc(Cl)cc2)cc1Br. The first-order chi connectivity index (χ1) is 10.1. The summed E-state index contributed by atoms with van der Waals surface area (Å²) in [5, 5.41) is 4.10. The van der Waals surface area contributed by atoms with Crippen LogP contribution in [0.1, 0.15) is 18.9 Å². The van der Waals surface area contributed by atoms with Gasteiger partial charge < -0.3 is 10.1 Å². The summed E-state index contributed by atoms with van der Waals surface area (Å²) >= 11 is 13.0. The van der Waals surface area contributed by atoms with Crippen molar-refractivity contribution >= 4 is 49.1 Å². The first kappa shape index (κ1) is 16.7. The van der Waals surface area contributed by atoms with Crippen molar-refractivity contribution in [3.63, 3.8) is 0 Å². The summed E-state index contributed by atoms with van der Waals surface area (Å²) in [6.45, 7) is 3.53. The third-order valence-corrected chi connectivity index (χ3v) is 4.28. The van der Waals surface area contributed by atoms with Gasteiger partial charge in [0, 0.05) is 17.3 Å². The number of hydrogen-bond acceptors (Lipinski definition) is 2. The highest BCUT2D eigenvalue weighted by atomic mass is 79.9. The van der Waals surface area contributed by atoms with Gasteiger partial charge in [0.2, 0.25) is 0 Å². The third-order valence-electron chi connectivity index (χ3n) is 2.85. The number of halogens is 3. The van der Waals surface area contributed by atoms with Crippen LogP contribution in [0.15, 0.2) is 45.3 Å². The summed E-state index contributed by atoms with van der Waals surface area (Å²) in [4.78, 5) is 0. The number of benzene rings is 2. The lowest BCUT2D eigenvalue weighted by Crippen LogP contribution is -2.01. The van der Waals surface area contributed by atoms with Crippen molar-refractivity contribution in [2.75, 3.05) is 11.9 Å². The standard InChI is InChI=1S/C16H16Br2ClNO/c1-2-7-21-16-14(17)8-11(9-15(16)18)10-20-13-5-3-12(19)4-6-13/h3-6,8-9,20H,2,7,10H2,1H3. The molecule has 0 saturated heterocycles. The van der Waals surface area contributed by atoms with Crippen molar-refractivity contribution in [1.29, 1.82) is 0 Å². The first-order valence-electron chi connectivity index (χ1n) is 6.70. The van der Waals surface area contributed by atoms with Crippen molar-refractivity contribution in [2.45, 2.75) is 19.9 Å². The van der Waals surface area contributed by atoms with Crippen LogP contribution in [0.2, 0.25) is 5.02 Å². The molecule has 0 unspecified atom stereocenters. The normalized spacial score (nSPS) is 10.5. The fourth-order valence-corrected chi connectivity index (χ4v) is 3.46. The first-order valence-corrected chi connectivity index (χ1v) is 8.66. The number of anilines is 1. The Bertz CT molecular complexity index is 579. The van der Waals surface area contributed by atoms with Crippen molar-refractivity contribution < 1.29 is 4.74 Å². The molecule has 0 aliphatic rings. The Balaban J connectivity index is 2.05. The molecule has 112 valence electrons. The van der Waals surface area contributed by atoms with Gasteiger partial charge in [0.25, 0.3) is 0 Å². The summed E-state index contributed by atoms with van der Waals surface area (Å²) in [6.07, 6.45) is 0.985. The second-order valence-electron chi connectivity index (χ2n) is 4.60. The van der Waals surface area contributed by atoms with Crippen LogP contribution in [0.3, 0.4) is 0 Å². The lowest BCUT2D eigenvalue weighted by Gasteiger charge is -2.12. The molecular weight excluding hydrogens is 417 g/mol. The van der Waals surface area contributed by atoms with E-state index in [4.69, 9.17) is 16.3 Å². The van der Waals surface area contributed by atoms with Crippen molar-refractivity contribution in [1.82, 2.24) is 0 Å². The molecule has 1 N–H and O–H groups in total. The molecule has 0 amide bonds. The molecule has 2 nitrogen and oxygen atoms in total. The zero-order valence-corrected chi connectivity index (χ0v) is 15.6. The van der Waals surface area contributed by atoms with E-state index in [2.05, 4.69) is 56.2 Å². The van der Waals surface area contributed by atoms with Crippen LogP contribution in [0, 0.1) is 0 Å². The molecular formula is C16H16Br2ClNO. The largest absolute Gasteiger partial charge is 0.491 e. The molecule has 0 aliphatic carbocycles. The van der Waals surface area contributed by atoms with Gasteiger partial charge >= 0.3 is 0 Å². The average molecular weight is 434 g/mol. The van der Waals surface area contributed by atoms with Crippen LogP contribution in [0.25, 0.3) is 0 Å². The minimum atomic E-state index is 0.708. The highest BCUT2D eigenvalue weighted by Gasteiger charge is 2.08. The summed E-state index contributed by atoms with van der Waals surface area (Å²) in [6, 6.07) is 11.8. The topological polar surface area (TPSA) is 21.3 Å². The fourth-order valence-electron chi connectivity index (χ4n) is 1.83. The number of rotatable bonds is 6. The Labute approximate surface area is 147 Å². The highest BCUT2D eigenvalue weighted by Crippen LogP contribution is 2.35. The predicted molar refractivity (Wildman–Crippen MR) is 96.4 cm³/mol. The molecule has 0 aromatic heterocycles. The van der Waals surface area contributed by atoms with E-state index in [0.717, 1.165) is 43.9 Å². The molecule has 0 heterocycles. The minimum Gasteiger partial charge on any atom is -0.491 e. The number of hydrogen-bond donors (Lipinski definition) is 1. The zero-order chi connectivity index (χ0) is 15.2. The van der Waals surface area contributed by atoms with E-state index in [1.165, 1.54) is 0 Å². The Morgan fingerprint density at radius 2 is 1.71 bits per heavy atom. The molecule has 0 aliphatic heterocycles. The van der Waals surface area contributed by atoms with E-state index in [1.807, 2.05) is 24.3 Å². The average Bonchev–Trinajstić information content (AvgIpc) is 2.46. The Hall–Kier alpha value is -0.710. The Kier molecular flexibility index (Phi) is 6.40. The van der Waals surface area contributed by atoms with Gasteiger partial charge in [0.15, 0.2) is 0 Å². The minimum absolute atomic E-state index is 0.708. The highest BCUT2D eigenvalue weighted by molar-refractivity contribution is 9.11. The van der Waals surface area contributed by atoms with E-state index >= 15 is 0 Å². The van der Waals surface area contributed by atoms with Crippen molar-refractivity contribution in [3.05, 3.63) is 55.9 Å². The van der Waals surface area contributed by atoms with E-state index in [0.29, 0.717) is 6.61 Å². The van der Waals surface area contributed by atoms with Gasteiger partial charge in [0.1, 0.15) is 5.75 Å². The molecule has 0 atom stereocenters. The second kappa shape index (κ2) is 8.06. The van der Waals surface area contributed by atoms with Crippen LogP contribution in [-0.2, 0) is 6.54 Å². The molecule has 0 spiro atoms. The van der Waals surface area contributed by atoms with Gasteiger partial charge in [-0.3, -0.25) is 0 Å². The lowest BCUT2D eigenvalue weighted by molar-refractivity contribution is 0.313. The van der Waals surface area contributed by atoms with Crippen LogP contribution in [-0.4, -0.2) is 6.61 Å². The molecule has 2 aromatic rings. The maximum atomic E-state index is 5.88. The van der Waals surface area contributed by atoms with Gasteiger partial charge in [-0.2, -0.15) is 0 Å². The van der Waals surface area contributed by atoms with Gasteiger partial charge in [-0.15, -0.1) is 0 Å². The second-order valence-corrected chi connectivity index (χ2v) is 6.74. The smallest absolute Gasteiger partial charge is 0.147 e. The van der Waals surface area contributed by atoms with E-state index < -0.39 is 0 Å². The summed E-state index contributed by atoms with van der Waals surface area (Å²) < 4.78 is 7.63. The molecule has 0 bridgehead atoms. The molecule has 5 heteroatoms. The Morgan fingerprint density at radius 1 is 1.10 bits per heavy atom. The predicted octanol–water partition coefficient (Wildman–Crippen LogP) is 6.27. The third kappa shape index (κ3) is 4.90. The van der Waals surface area contributed by atoms with Gasteiger partial charge in [-0.05, 0) is 80.2 Å².